The van der Waals surface area contributed by atoms with Gasteiger partial charge in [0.1, 0.15) is 5.82 Å². The van der Waals surface area contributed by atoms with Gasteiger partial charge in [0.15, 0.2) is 5.69 Å². The second kappa shape index (κ2) is 6.59. The van der Waals surface area contributed by atoms with Crippen molar-refractivity contribution in [1.29, 1.82) is 0 Å². The molecule has 0 saturated carbocycles. The predicted molar refractivity (Wildman–Crippen MR) is 88.8 cm³/mol. The van der Waals surface area contributed by atoms with Gasteiger partial charge >= 0.3 is 0 Å². The first-order chi connectivity index (χ1) is 11.6. The first-order valence-electron chi connectivity index (χ1n) is 6.82. The van der Waals surface area contributed by atoms with Crippen LogP contribution in [0.4, 0.5) is 4.39 Å². The van der Waals surface area contributed by atoms with Crippen molar-refractivity contribution in [3.05, 3.63) is 74.9 Å². The van der Waals surface area contributed by atoms with Crippen LogP contribution in [0.25, 0.3) is 10.8 Å². The van der Waals surface area contributed by atoms with E-state index in [1.54, 1.807) is 30.3 Å². The summed E-state index contributed by atoms with van der Waals surface area (Å²) >= 11 is 5.59. The molecule has 0 unspecified atom stereocenters. The highest BCUT2D eigenvalue weighted by atomic mass is 35.5. The number of carbonyl (C=O) groups is 1. The monoisotopic (exact) mass is 344 g/mol. The molecule has 0 atom stereocenters. The lowest BCUT2D eigenvalue weighted by molar-refractivity contribution is 0.0951. The second-order valence-electron chi connectivity index (χ2n) is 4.82. The van der Waals surface area contributed by atoms with Crippen molar-refractivity contribution in [2.75, 3.05) is 0 Å². The second-order valence-corrected chi connectivity index (χ2v) is 5.23. The maximum Gasteiger partial charge on any atom is 0.292 e. The van der Waals surface area contributed by atoms with Crippen molar-refractivity contribution in [1.82, 2.24) is 15.6 Å². The van der Waals surface area contributed by atoms with Crippen LogP contribution in [0.2, 0.25) is 5.02 Å². The smallest absolute Gasteiger partial charge is 0.267 e. The van der Waals surface area contributed by atoms with Crippen LogP contribution in [-0.2, 0) is 0 Å². The number of aromatic amines is 1. The van der Waals surface area contributed by atoms with Gasteiger partial charge in [-0.3, -0.25) is 9.59 Å². The van der Waals surface area contributed by atoms with Gasteiger partial charge in [-0.25, -0.2) is 14.9 Å². The van der Waals surface area contributed by atoms with Gasteiger partial charge in [0.05, 0.1) is 16.6 Å². The lowest BCUT2D eigenvalue weighted by Crippen LogP contribution is -2.22. The maximum atomic E-state index is 13.3. The SMILES string of the molecule is O=C(N/N=C/c1ccc(Cl)c(F)c1)c1n[nH]c(=O)c2ccccc12. The lowest BCUT2D eigenvalue weighted by Gasteiger charge is -2.03. The Balaban J connectivity index is 1.83. The lowest BCUT2D eigenvalue weighted by atomic mass is 10.1. The number of H-pyrrole nitrogens is 1. The van der Waals surface area contributed by atoms with Crippen LogP contribution in [0.3, 0.4) is 0 Å². The molecule has 0 aliphatic rings. The number of rotatable bonds is 3. The first-order valence-corrected chi connectivity index (χ1v) is 7.20. The molecule has 1 aromatic heterocycles. The van der Waals surface area contributed by atoms with E-state index in [1.165, 1.54) is 18.3 Å². The van der Waals surface area contributed by atoms with Crippen molar-refractivity contribution in [3.63, 3.8) is 0 Å². The highest BCUT2D eigenvalue weighted by molar-refractivity contribution is 6.30. The van der Waals surface area contributed by atoms with Gasteiger partial charge in [-0.15, -0.1) is 0 Å². The normalized spacial score (nSPS) is 11.1. The largest absolute Gasteiger partial charge is 0.292 e. The summed E-state index contributed by atoms with van der Waals surface area (Å²) in [6.07, 6.45) is 1.27. The van der Waals surface area contributed by atoms with Crippen molar-refractivity contribution in [3.8, 4) is 0 Å². The zero-order valence-corrected chi connectivity index (χ0v) is 12.8. The van der Waals surface area contributed by atoms with E-state index in [1.807, 2.05) is 0 Å². The molecule has 0 bridgehead atoms. The standard InChI is InChI=1S/C16H10ClFN4O2/c17-12-6-5-9(7-13(12)18)8-19-21-16(24)14-10-3-1-2-4-11(10)15(23)22-20-14/h1-8H,(H,21,24)(H,22,23)/b19-8+. The van der Waals surface area contributed by atoms with Crippen molar-refractivity contribution >= 4 is 34.5 Å². The fraction of sp³-hybridized carbons (Fsp3) is 0. The van der Waals surface area contributed by atoms with Gasteiger partial charge in [0.25, 0.3) is 11.5 Å². The number of fused-ring (bicyclic) bond motifs is 1. The number of nitrogens with zero attached hydrogens (tertiary/aromatic N) is 2. The Morgan fingerprint density at radius 1 is 1.25 bits per heavy atom. The Hall–Kier alpha value is -3.06. The minimum absolute atomic E-state index is 0.0000882. The Labute approximate surface area is 140 Å². The van der Waals surface area contributed by atoms with Crippen molar-refractivity contribution in [2.45, 2.75) is 0 Å². The topological polar surface area (TPSA) is 87.2 Å². The summed E-state index contributed by atoms with van der Waals surface area (Å²) in [5.41, 5.74) is 2.36. The fourth-order valence-electron chi connectivity index (χ4n) is 2.10. The van der Waals surface area contributed by atoms with Crippen LogP contribution in [0.5, 0.6) is 0 Å². The number of amides is 1. The first kappa shape index (κ1) is 15.8. The highest BCUT2D eigenvalue weighted by Gasteiger charge is 2.13. The molecule has 2 N–H and O–H groups in total. The van der Waals surface area contributed by atoms with Crippen LogP contribution in [0.15, 0.2) is 52.4 Å². The van der Waals surface area contributed by atoms with E-state index in [0.717, 1.165) is 0 Å². The van der Waals surface area contributed by atoms with E-state index in [4.69, 9.17) is 11.6 Å². The van der Waals surface area contributed by atoms with E-state index < -0.39 is 11.7 Å². The molecule has 3 rings (SSSR count). The minimum Gasteiger partial charge on any atom is -0.267 e. The molecule has 0 aliphatic heterocycles. The number of carbonyl (C=O) groups excluding carboxylic acids is 1. The van der Waals surface area contributed by atoms with Gasteiger partial charge in [-0.2, -0.15) is 10.2 Å². The molecule has 0 fully saturated rings. The molecule has 0 radical (unpaired) electrons. The van der Waals surface area contributed by atoms with E-state index in [0.29, 0.717) is 16.3 Å². The average molecular weight is 345 g/mol. The molecule has 120 valence electrons. The van der Waals surface area contributed by atoms with Gasteiger partial charge < -0.3 is 0 Å². The van der Waals surface area contributed by atoms with Gasteiger partial charge in [-0.05, 0) is 23.8 Å². The van der Waals surface area contributed by atoms with Crippen LogP contribution in [0, 0.1) is 5.82 Å². The van der Waals surface area contributed by atoms with Crippen molar-refractivity contribution in [2.24, 2.45) is 5.10 Å². The van der Waals surface area contributed by atoms with E-state index in [9.17, 15) is 14.0 Å². The molecular weight excluding hydrogens is 335 g/mol. The molecule has 8 heteroatoms. The fourth-order valence-corrected chi connectivity index (χ4v) is 2.22. The quantitative estimate of drug-likeness (QED) is 0.565. The molecule has 0 saturated heterocycles. The zero-order valence-electron chi connectivity index (χ0n) is 12.1. The van der Waals surface area contributed by atoms with E-state index in [2.05, 4.69) is 20.7 Å². The Kier molecular flexibility index (Phi) is 4.35. The summed E-state index contributed by atoms with van der Waals surface area (Å²) in [7, 11) is 0. The number of hydrazone groups is 1. The highest BCUT2D eigenvalue weighted by Crippen LogP contribution is 2.14. The Bertz CT molecular complexity index is 1020. The van der Waals surface area contributed by atoms with Crippen LogP contribution in [0.1, 0.15) is 16.1 Å². The number of aromatic nitrogens is 2. The summed E-state index contributed by atoms with van der Waals surface area (Å²) in [5, 5.41) is 10.5. The minimum atomic E-state index is -0.604. The van der Waals surface area contributed by atoms with Gasteiger partial charge in [0, 0.05) is 5.39 Å². The number of hydrogen-bond acceptors (Lipinski definition) is 4. The molecule has 3 aromatic rings. The van der Waals surface area contributed by atoms with Crippen LogP contribution < -0.4 is 11.0 Å². The summed E-state index contributed by atoms with van der Waals surface area (Å²) in [6, 6.07) is 10.7. The van der Waals surface area contributed by atoms with Gasteiger partial charge in [-0.1, -0.05) is 35.9 Å². The summed E-state index contributed by atoms with van der Waals surface area (Å²) < 4.78 is 13.3. The van der Waals surface area contributed by atoms with Gasteiger partial charge in [0.2, 0.25) is 0 Å². The summed E-state index contributed by atoms with van der Waals surface area (Å²) in [6.45, 7) is 0. The Morgan fingerprint density at radius 2 is 2.00 bits per heavy atom. The molecule has 1 heterocycles. The molecule has 24 heavy (non-hydrogen) atoms. The number of halogens is 2. The third kappa shape index (κ3) is 3.16. The molecule has 0 spiro atoms. The Morgan fingerprint density at radius 3 is 2.75 bits per heavy atom. The molecule has 2 aromatic carbocycles. The molecule has 0 aliphatic carbocycles. The van der Waals surface area contributed by atoms with Crippen LogP contribution >= 0.6 is 11.6 Å². The number of hydrogen-bond donors (Lipinski definition) is 2. The summed E-state index contributed by atoms with van der Waals surface area (Å²) in [4.78, 5) is 23.9. The van der Waals surface area contributed by atoms with E-state index in [-0.39, 0.29) is 16.3 Å². The van der Waals surface area contributed by atoms with Crippen molar-refractivity contribution < 1.29 is 9.18 Å². The third-order valence-corrected chi connectivity index (χ3v) is 3.54. The van der Waals surface area contributed by atoms with E-state index >= 15 is 0 Å². The molecule has 1 amide bonds. The third-order valence-electron chi connectivity index (χ3n) is 3.23. The molecule has 6 nitrogen and oxygen atoms in total. The predicted octanol–water partition coefficient (Wildman–Crippen LogP) is 2.48. The maximum absolute atomic E-state index is 13.3. The zero-order chi connectivity index (χ0) is 17.1. The average Bonchev–Trinajstić information content (AvgIpc) is 2.58. The summed E-state index contributed by atoms with van der Waals surface area (Å²) in [5.74, 6) is -1.19. The number of benzene rings is 2. The molecular formula is C16H10ClFN4O2. The van der Waals surface area contributed by atoms with Crippen LogP contribution in [-0.4, -0.2) is 22.3 Å². The number of nitrogens with one attached hydrogen (secondary N) is 2.